The molecule has 0 unspecified atom stereocenters. The van der Waals surface area contributed by atoms with Gasteiger partial charge in [0.2, 0.25) is 0 Å². The standard InChI is InChI=1S/C23H18N2O2/c1-13-8-4-7-11-16(13)25-17-12-23(2,3)21(26)20-19(17)18(22(25)27)14-9-5-6-10-15(14)24-20/h4-12H,1-3H3. The van der Waals surface area contributed by atoms with E-state index in [2.05, 4.69) is 4.98 Å². The highest BCUT2D eigenvalue weighted by molar-refractivity contribution is 6.31. The Balaban J connectivity index is 1.92. The third-order valence-corrected chi connectivity index (χ3v) is 5.46. The summed E-state index contributed by atoms with van der Waals surface area (Å²) in [5.41, 5.74) is 4.22. The number of fused-ring (bicyclic) bond motifs is 2. The number of ketones is 1. The molecule has 0 fully saturated rings. The summed E-state index contributed by atoms with van der Waals surface area (Å²) >= 11 is 0. The average molecular weight is 354 g/mol. The highest BCUT2D eigenvalue weighted by atomic mass is 16.2. The second-order valence-electron chi connectivity index (χ2n) is 7.73. The van der Waals surface area contributed by atoms with Crippen LogP contribution in [0.2, 0.25) is 0 Å². The van der Waals surface area contributed by atoms with Crippen molar-refractivity contribution in [3.63, 3.8) is 0 Å². The fourth-order valence-electron chi connectivity index (χ4n) is 4.08. The molecule has 1 amide bonds. The van der Waals surface area contributed by atoms with E-state index in [9.17, 15) is 9.59 Å². The van der Waals surface area contributed by atoms with Crippen molar-refractivity contribution in [3.8, 4) is 0 Å². The lowest BCUT2D eigenvalue weighted by Crippen LogP contribution is -2.31. The van der Waals surface area contributed by atoms with Gasteiger partial charge in [-0.15, -0.1) is 0 Å². The number of aryl methyl sites for hydroxylation is 1. The highest BCUT2D eigenvalue weighted by Gasteiger charge is 2.46. The van der Waals surface area contributed by atoms with Gasteiger partial charge in [0.25, 0.3) is 5.91 Å². The van der Waals surface area contributed by atoms with Gasteiger partial charge in [-0.2, -0.15) is 0 Å². The lowest BCUT2D eigenvalue weighted by molar-refractivity contribution is 0.0877. The predicted molar refractivity (Wildman–Crippen MR) is 106 cm³/mol. The number of nitrogens with zero attached hydrogens (tertiary/aromatic N) is 2. The van der Waals surface area contributed by atoms with E-state index in [0.29, 0.717) is 22.3 Å². The number of para-hydroxylation sites is 2. The number of carbonyl (C=O) groups is 2. The monoisotopic (exact) mass is 354 g/mol. The van der Waals surface area contributed by atoms with Crippen LogP contribution in [0.15, 0.2) is 54.6 Å². The summed E-state index contributed by atoms with van der Waals surface area (Å²) in [6, 6.07) is 15.3. The number of rotatable bonds is 1. The molecule has 132 valence electrons. The molecule has 0 atom stereocenters. The number of hydrogen-bond acceptors (Lipinski definition) is 3. The lowest BCUT2D eigenvalue weighted by Gasteiger charge is -2.29. The topological polar surface area (TPSA) is 50.3 Å². The molecule has 0 saturated heterocycles. The maximum atomic E-state index is 13.6. The molecule has 0 bridgehead atoms. The third-order valence-electron chi connectivity index (χ3n) is 5.46. The number of allylic oxidation sites excluding steroid dienone is 1. The average Bonchev–Trinajstić information content (AvgIpc) is 2.92. The summed E-state index contributed by atoms with van der Waals surface area (Å²) in [4.78, 5) is 33.1. The molecule has 27 heavy (non-hydrogen) atoms. The van der Waals surface area contributed by atoms with E-state index in [1.54, 1.807) is 4.90 Å². The maximum Gasteiger partial charge on any atom is 0.264 e. The number of benzene rings is 2. The summed E-state index contributed by atoms with van der Waals surface area (Å²) < 4.78 is 0. The van der Waals surface area contributed by atoms with E-state index in [4.69, 9.17) is 0 Å². The van der Waals surface area contributed by atoms with Gasteiger partial charge in [-0.3, -0.25) is 14.5 Å². The predicted octanol–water partition coefficient (Wildman–Crippen LogP) is 4.77. The normalized spacial score (nSPS) is 17.3. The first-order valence-corrected chi connectivity index (χ1v) is 9.01. The maximum absolute atomic E-state index is 13.6. The minimum atomic E-state index is -0.722. The molecular weight excluding hydrogens is 336 g/mol. The van der Waals surface area contributed by atoms with Crippen LogP contribution in [0.4, 0.5) is 5.69 Å². The van der Waals surface area contributed by atoms with E-state index in [1.165, 1.54) is 0 Å². The van der Waals surface area contributed by atoms with Crippen LogP contribution >= 0.6 is 0 Å². The van der Waals surface area contributed by atoms with Crippen LogP contribution in [0.5, 0.6) is 0 Å². The molecule has 5 rings (SSSR count). The second kappa shape index (κ2) is 5.13. The van der Waals surface area contributed by atoms with Crippen molar-refractivity contribution in [1.29, 1.82) is 0 Å². The van der Waals surface area contributed by atoms with Gasteiger partial charge in [0.15, 0.2) is 5.78 Å². The quantitative estimate of drug-likeness (QED) is 0.633. The Morgan fingerprint density at radius 2 is 1.63 bits per heavy atom. The third kappa shape index (κ3) is 2.01. The van der Waals surface area contributed by atoms with Crippen molar-refractivity contribution in [2.45, 2.75) is 20.8 Å². The lowest BCUT2D eigenvalue weighted by atomic mass is 9.78. The zero-order chi connectivity index (χ0) is 18.9. The number of carbonyl (C=O) groups excluding carboxylic acids is 2. The Morgan fingerprint density at radius 1 is 0.926 bits per heavy atom. The van der Waals surface area contributed by atoms with E-state index in [0.717, 1.165) is 22.3 Å². The first kappa shape index (κ1) is 15.9. The highest BCUT2D eigenvalue weighted by Crippen LogP contribution is 2.47. The molecule has 3 aromatic rings. The van der Waals surface area contributed by atoms with Crippen LogP contribution in [0.3, 0.4) is 0 Å². The Hall–Kier alpha value is -3.27. The van der Waals surface area contributed by atoms with Crippen molar-refractivity contribution < 1.29 is 9.59 Å². The van der Waals surface area contributed by atoms with Crippen LogP contribution < -0.4 is 4.90 Å². The summed E-state index contributed by atoms with van der Waals surface area (Å²) in [5, 5.41) is 0.788. The number of anilines is 1. The van der Waals surface area contributed by atoms with Crippen molar-refractivity contribution >= 4 is 34.0 Å². The molecule has 1 aromatic heterocycles. The number of Topliss-reactive ketones (excluding diaryl/α,β-unsaturated/α-hetero) is 1. The Morgan fingerprint density at radius 3 is 2.41 bits per heavy atom. The first-order chi connectivity index (χ1) is 12.9. The summed E-state index contributed by atoms with van der Waals surface area (Å²) in [5.74, 6) is -0.149. The molecule has 4 nitrogen and oxygen atoms in total. The molecule has 1 aliphatic carbocycles. The molecular formula is C23H18N2O2. The molecule has 0 radical (unpaired) electrons. The molecule has 0 saturated carbocycles. The van der Waals surface area contributed by atoms with E-state index in [1.807, 2.05) is 75.4 Å². The molecule has 0 spiro atoms. The van der Waals surface area contributed by atoms with E-state index >= 15 is 0 Å². The fraction of sp³-hybridized carbons (Fsp3) is 0.174. The number of hydrogen-bond donors (Lipinski definition) is 0. The largest absolute Gasteiger partial charge is 0.291 e. The minimum absolute atomic E-state index is 0.0484. The van der Waals surface area contributed by atoms with Gasteiger partial charge in [-0.25, -0.2) is 4.98 Å². The summed E-state index contributed by atoms with van der Waals surface area (Å²) in [7, 11) is 0. The van der Waals surface area contributed by atoms with Crippen molar-refractivity contribution in [1.82, 2.24) is 4.98 Å². The molecule has 2 aliphatic rings. The van der Waals surface area contributed by atoms with Crippen molar-refractivity contribution in [3.05, 3.63) is 77.0 Å². The summed E-state index contributed by atoms with van der Waals surface area (Å²) in [6.07, 6.45) is 1.91. The van der Waals surface area contributed by atoms with Crippen LogP contribution in [0.1, 0.15) is 45.8 Å². The zero-order valence-electron chi connectivity index (χ0n) is 15.4. The Bertz CT molecular complexity index is 1200. The van der Waals surface area contributed by atoms with Crippen molar-refractivity contribution in [2.24, 2.45) is 5.41 Å². The Kier molecular flexibility index (Phi) is 3.03. The van der Waals surface area contributed by atoms with Crippen LogP contribution in [-0.2, 0) is 0 Å². The SMILES string of the molecule is Cc1ccccc1N1C(=O)c2c3c(nc4ccccc24)C(=O)C(C)(C)C=C31. The summed E-state index contributed by atoms with van der Waals surface area (Å²) in [6.45, 7) is 5.74. The number of amides is 1. The second-order valence-corrected chi connectivity index (χ2v) is 7.73. The Labute approximate surface area is 157 Å². The molecule has 0 N–H and O–H groups in total. The van der Waals surface area contributed by atoms with Gasteiger partial charge in [0, 0.05) is 16.4 Å². The first-order valence-electron chi connectivity index (χ1n) is 9.01. The minimum Gasteiger partial charge on any atom is -0.291 e. The van der Waals surface area contributed by atoms with Gasteiger partial charge in [-0.05, 0) is 44.5 Å². The van der Waals surface area contributed by atoms with Gasteiger partial charge < -0.3 is 0 Å². The molecule has 2 aromatic carbocycles. The van der Waals surface area contributed by atoms with Gasteiger partial charge in [0.1, 0.15) is 5.69 Å². The zero-order valence-corrected chi connectivity index (χ0v) is 15.4. The van der Waals surface area contributed by atoms with Crippen LogP contribution in [-0.4, -0.2) is 16.7 Å². The van der Waals surface area contributed by atoms with Crippen molar-refractivity contribution in [2.75, 3.05) is 4.90 Å². The smallest absolute Gasteiger partial charge is 0.264 e. The van der Waals surface area contributed by atoms with E-state index in [-0.39, 0.29) is 11.7 Å². The van der Waals surface area contributed by atoms with E-state index < -0.39 is 5.41 Å². The fourth-order valence-corrected chi connectivity index (χ4v) is 4.08. The number of pyridine rings is 1. The van der Waals surface area contributed by atoms with Gasteiger partial charge >= 0.3 is 0 Å². The van der Waals surface area contributed by atoms with Crippen LogP contribution in [0.25, 0.3) is 16.6 Å². The molecule has 2 heterocycles. The van der Waals surface area contributed by atoms with Gasteiger partial charge in [0.05, 0.1) is 22.5 Å². The molecule has 4 heteroatoms. The molecule has 1 aliphatic heterocycles. The van der Waals surface area contributed by atoms with Gasteiger partial charge in [-0.1, -0.05) is 36.4 Å². The number of aromatic nitrogens is 1. The van der Waals surface area contributed by atoms with Crippen LogP contribution in [0, 0.1) is 12.3 Å².